The van der Waals surface area contributed by atoms with Gasteiger partial charge in [-0.15, -0.1) is 0 Å². The first-order valence-corrected chi connectivity index (χ1v) is 12.4. The lowest BCUT2D eigenvalue weighted by Gasteiger charge is -2.43. The molecule has 2 aliphatic rings. The third-order valence-electron chi connectivity index (χ3n) is 6.53. The average molecular weight is 397 g/mol. The van der Waals surface area contributed by atoms with Gasteiger partial charge in [-0.25, -0.2) is 0 Å². The first-order chi connectivity index (χ1) is 13.4. The molecule has 0 aromatic heterocycles. The van der Waals surface area contributed by atoms with E-state index in [-0.39, 0.29) is 22.8 Å². The standard InChI is InChI=1S/C24H32O3Si/c1-23(2,3)28(19-11-6-4-7-12-19,20-13-8-5-9-14-20)26-18-17-24-16-10-15-21(25)22(24)27-24/h4-9,11-14,21-22,25H,10,15-18H2,1-3H3/t21-,22-,24-/m1/s1. The Morgan fingerprint density at radius 1 is 1.04 bits per heavy atom. The van der Waals surface area contributed by atoms with E-state index < -0.39 is 8.32 Å². The summed E-state index contributed by atoms with van der Waals surface area (Å²) in [4.78, 5) is 0. The highest BCUT2D eigenvalue weighted by atomic mass is 28.4. The van der Waals surface area contributed by atoms with Gasteiger partial charge in [-0.1, -0.05) is 81.4 Å². The van der Waals surface area contributed by atoms with Crippen molar-refractivity contribution in [2.75, 3.05) is 6.61 Å². The fraction of sp³-hybridized carbons (Fsp3) is 0.500. The van der Waals surface area contributed by atoms with Crippen LogP contribution in [0.2, 0.25) is 5.04 Å². The van der Waals surface area contributed by atoms with Crippen molar-refractivity contribution < 1.29 is 14.3 Å². The Morgan fingerprint density at radius 3 is 2.14 bits per heavy atom. The number of aliphatic hydroxyl groups is 1. The van der Waals surface area contributed by atoms with Crippen LogP contribution in [0, 0.1) is 0 Å². The summed E-state index contributed by atoms with van der Waals surface area (Å²) in [5.41, 5.74) is -0.150. The normalized spacial score (nSPS) is 27.3. The van der Waals surface area contributed by atoms with E-state index in [1.165, 1.54) is 10.4 Å². The minimum atomic E-state index is -2.48. The van der Waals surface area contributed by atoms with E-state index in [1.807, 2.05) is 0 Å². The van der Waals surface area contributed by atoms with Crippen molar-refractivity contribution in [1.29, 1.82) is 0 Å². The summed E-state index contributed by atoms with van der Waals surface area (Å²) >= 11 is 0. The fourth-order valence-corrected chi connectivity index (χ4v) is 9.64. The second kappa shape index (κ2) is 7.41. The molecule has 0 unspecified atom stereocenters. The predicted molar refractivity (Wildman–Crippen MR) is 116 cm³/mol. The van der Waals surface area contributed by atoms with Crippen molar-refractivity contribution in [3.63, 3.8) is 0 Å². The number of aliphatic hydroxyl groups excluding tert-OH is 1. The number of ether oxygens (including phenoxy) is 1. The quantitative estimate of drug-likeness (QED) is 0.599. The Hall–Kier alpha value is -1.46. The van der Waals surface area contributed by atoms with E-state index in [1.54, 1.807) is 0 Å². The van der Waals surface area contributed by atoms with Crippen LogP contribution in [0.4, 0.5) is 0 Å². The molecule has 2 aromatic carbocycles. The zero-order chi connectivity index (χ0) is 19.8. The first-order valence-electron chi connectivity index (χ1n) is 10.5. The van der Waals surface area contributed by atoms with Crippen LogP contribution >= 0.6 is 0 Å². The maximum atomic E-state index is 10.2. The molecule has 0 bridgehead atoms. The molecular formula is C24H32O3Si. The van der Waals surface area contributed by atoms with Gasteiger partial charge in [0.25, 0.3) is 8.32 Å². The van der Waals surface area contributed by atoms with Crippen molar-refractivity contribution in [3.8, 4) is 0 Å². The summed E-state index contributed by atoms with van der Waals surface area (Å²) in [5.74, 6) is 0. The number of hydrogen-bond donors (Lipinski definition) is 1. The Morgan fingerprint density at radius 2 is 1.61 bits per heavy atom. The van der Waals surface area contributed by atoms with Crippen LogP contribution in [-0.4, -0.2) is 37.8 Å². The second-order valence-electron chi connectivity index (χ2n) is 9.32. The van der Waals surface area contributed by atoms with Crippen LogP contribution in [0.25, 0.3) is 0 Å². The fourth-order valence-electron chi connectivity index (χ4n) is 5.08. The maximum absolute atomic E-state index is 10.2. The van der Waals surface area contributed by atoms with E-state index in [9.17, 15) is 5.11 Å². The maximum Gasteiger partial charge on any atom is 0.261 e. The molecule has 1 aliphatic carbocycles. The van der Waals surface area contributed by atoms with Crippen LogP contribution in [0.5, 0.6) is 0 Å². The highest BCUT2D eigenvalue weighted by Crippen LogP contribution is 2.50. The minimum Gasteiger partial charge on any atom is -0.407 e. The zero-order valence-electron chi connectivity index (χ0n) is 17.2. The molecule has 1 saturated carbocycles. The van der Waals surface area contributed by atoms with Gasteiger partial charge >= 0.3 is 0 Å². The number of benzene rings is 2. The molecule has 2 aromatic rings. The van der Waals surface area contributed by atoms with Crippen LogP contribution < -0.4 is 10.4 Å². The van der Waals surface area contributed by atoms with Gasteiger partial charge in [-0.2, -0.15) is 0 Å². The first kappa shape index (κ1) is 19.8. The van der Waals surface area contributed by atoms with Crippen LogP contribution in [0.3, 0.4) is 0 Å². The molecular weight excluding hydrogens is 364 g/mol. The third kappa shape index (κ3) is 3.37. The largest absolute Gasteiger partial charge is 0.407 e. The molecule has 3 atom stereocenters. The molecule has 4 rings (SSSR count). The van der Waals surface area contributed by atoms with Gasteiger partial charge in [0, 0.05) is 13.0 Å². The van der Waals surface area contributed by atoms with Crippen molar-refractivity contribution in [2.24, 2.45) is 0 Å². The topological polar surface area (TPSA) is 42.0 Å². The molecule has 0 spiro atoms. The zero-order valence-corrected chi connectivity index (χ0v) is 18.2. The summed E-state index contributed by atoms with van der Waals surface area (Å²) < 4.78 is 12.9. The molecule has 4 heteroatoms. The summed E-state index contributed by atoms with van der Waals surface area (Å²) in [6.45, 7) is 7.57. The van der Waals surface area contributed by atoms with E-state index in [0.29, 0.717) is 6.61 Å². The summed E-state index contributed by atoms with van der Waals surface area (Å²) in [7, 11) is -2.48. The van der Waals surface area contributed by atoms with Crippen molar-refractivity contribution >= 4 is 18.7 Å². The molecule has 0 amide bonds. The van der Waals surface area contributed by atoms with E-state index in [2.05, 4.69) is 81.4 Å². The van der Waals surface area contributed by atoms with Crippen molar-refractivity contribution in [1.82, 2.24) is 0 Å². The predicted octanol–water partition coefficient (Wildman–Crippen LogP) is 3.64. The summed E-state index contributed by atoms with van der Waals surface area (Å²) in [6.07, 6.45) is 3.52. The number of epoxide rings is 1. The van der Waals surface area contributed by atoms with E-state index >= 15 is 0 Å². The van der Waals surface area contributed by atoms with Crippen LogP contribution in [0.15, 0.2) is 60.7 Å². The Labute approximate surface area is 169 Å². The minimum absolute atomic E-state index is 0.0107. The van der Waals surface area contributed by atoms with Gasteiger partial charge in [0.1, 0.15) is 6.10 Å². The van der Waals surface area contributed by atoms with Gasteiger partial charge < -0.3 is 14.3 Å². The molecule has 0 radical (unpaired) electrons. The summed E-state index contributed by atoms with van der Waals surface area (Å²) in [5, 5.41) is 12.8. The van der Waals surface area contributed by atoms with Gasteiger partial charge in [0.05, 0.1) is 11.7 Å². The summed E-state index contributed by atoms with van der Waals surface area (Å²) in [6, 6.07) is 21.5. The Bertz CT molecular complexity index is 747. The van der Waals surface area contributed by atoms with Crippen LogP contribution in [0.1, 0.15) is 46.5 Å². The second-order valence-corrected chi connectivity index (χ2v) is 13.6. The van der Waals surface area contributed by atoms with E-state index in [4.69, 9.17) is 9.16 Å². The van der Waals surface area contributed by atoms with Gasteiger partial charge in [-0.3, -0.25) is 0 Å². The SMILES string of the molecule is CC(C)(C)[Si](OCC[C@]12CCC[C@@H](O)[C@H]1O2)(c1ccccc1)c1ccccc1. The monoisotopic (exact) mass is 396 g/mol. The molecule has 1 aliphatic heterocycles. The molecule has 150 valence electrons. The molecule has 1 heterocycles. The molecule has 3 nitrogen and oxygen atoms in total. The Kier molecular flexibility index (Phi) is 5.25. The van der Waals surface area contributed by atoms with Gasteiger partial charge in [0.2, 0.25) is 0 Å². The lowest BCUT2D eigenvalue weighted by atomic mass is 9.85. The van der Waals surface area contributed by atoms with E-state index in [0.717, 1.165) is 25.7 Å². The average Bonchev–Trinajstić information content (AvgIpc) is 3.42. The van der Waals surface area contributed by atoms with Crippen molar-refractivity contribution in [2.45, 2.75) is 69.3 Å². The molecule has 1 saturated heterocycles. The third-order valence-corrected chi connectivity index (χ3v) is 11.6. The van der Waals surface area contributed by atoms with Crippen molar-refractivity contribution in [3.05, 3.63) is 60.7 Å². The highest BCUT2D eigenvalue weighted by molar-refractivity contribution is 6.99. The molecule has 2 fully saturated rings. The number of fused-ring (bicyclic) bond motifs is 1. The number of rotatable bonds is 6. The highest BCUT2D eigenvalue weighted by Gasteiger charge is 2.61. The number of hydrogen-bond acceptors (Lipinski definition) is 3. The Balaban J connectivity index is 1.64. The lowest BCUT2D eigenvalue weighted by molar-refractivity contribution is 0.121. The lowest BCUT2D eigenvalue weighted by Crippen LogP contribution is -2.66. The smallest absolute Gasteiger partial charge is 0.261 e. The van der Waals surface area contributed by atoms with Crippen LogP contribution in [-0.2, 0) is 9.16 Å². The van der Waals surface area contributed by atoms with Gasteiger partial charge in [0.15, 0.2) is 0 Å². The van der Waals surface area contributed by atoms with Gasteiger partial charge in [-0.05, 0) is 34.7 Å². The molecule has 28 heavy (non-hydrogen) atoms. The molecule has 1 N–H and O–H groups in total.